The van der Waals surface area contributed by atoms with E-state index in [0.29, 0.717) is 6.29 Å². The highest BCUT2D eigenvalue weighted by molar-refractivity contribution is 5.87. The maximum atomic E-state index is 10.3. The van der Waals surface area contributed by atoms with E-state index < -0.39 is 5.97 Å². The van der Waals surface area contributed by atoms with Crippen molar-refractivity contribution in [2.75, 3.05) is 0 Å². The lowest BCUT2D eigenvalue weighted by Gasteiger charge is -1.93. The first-order valence-corrected chi connectivity index (χ1v) is 2.98. The molecule has 58 valence electrons. The maximum absolute atomic E-state index is 10.3. The second kappa shape index (κ2) is 5.18. The van der Waals surface area contributed by atoms with Crippen molar-refractivity contribution >= 4 is 12.3 Å². The van der Waals surface area contributed by atoms with Gasteiger partial charge in [-0.15, -0.1) is 0 Å². The number of aliphatic carboxylic acids is 1. The highest BCUT2D eigenvalue weighted by Gasteiger charge is 2.04. The number of hydrogen-bond acceptors (Lipinski definition) is 3. The van der Waals surface area contributed by atoms with Gasteiger partial charge < -0.3 is 9.90 Å². The average Bonchev–Trinajstić information content (AvgIpc) is 1.97. The predicted molar refractivity (Wildman–Crippen MR) is 36.6 cm³/mol. The van der Waals surface area contributed by atoms with Crippen molar-refractivity contribution in [1.82, 2.24) is 0 Å². The van der Waals surface area contributed by atoms with Crippen molar-refractivity contribution in [1.29, 1.82) is 5.26 Å². The third kappa shape index (κ3) is 3.87. The van der Waals surface area contributed by atoms with E-state index in [-0.39, 0.29) is 18.4 Å². The number of aldehydes is 1. The molecule has 0 rings (SSSR count). The van der Waals surface area contributed by atoms with E-state index in [1.807, 2.05) is 0 Å². The number of carboxylic acids is 1. The minimum atomic E-state index is -1.14. The Morgan fingerprint density at radius 3 is 2.64 bits per heavy atom. The molecule has 0 aliphatic rings. The summed E-state index contributed by atoms with van der Waals surface area (Å²) in [6.45, 7) is 0. The van der Waals surface area contributed by atoms with Crippen molar-refractivity contribution in [3.05, 3.63) is 11.6 Å². The number of rotatable bonds is 4. The van der Waals surface area contributed by atoms with Crippen LogP contribution in [0, 0.1) is 11.3 Å². The van der Waals surface area contributed by atoms with E-state index in [1.54, 1.807) is 6.07 Å². The molecule has 0 saturated heterocycles. The summed E-state index contributed by atoms with van der Waals surface area (Å²) in [5, 5.41) is 16.5. The fourth-order valence-corrected chi connectivity index (χ4v) is 0.533. The number of carboxylic acid groups (broad SMARTS) is 1. The molecular weight excluding hydrogens is 146 g/mol. The Balaban J connectivity index is 4.14. The van der Waals surface area contributed by atoms with Crippen LogP contribution in [0.15, 0.2) is 11.6 Å². The highest BCUT2D eigenvalue weighted by Crippen LogP contribution is 2.02. The molecule has 0 fully saturated rings. The Hall–Kier alpha value is -1.63. The molecule has 0 radical (unpaired) electrons. The van der Waals surface area contributed by atoms with Crippen molar-refractivity contribution in [3.63, 3.8) is 0 Å². The number of nitriles is 1. The first-order chi connectivity index (χ1) is 5.22. The lowest BCUT2D eigenvalue weighted by molar-refractivity contribution is -0.132. The normalized spacial score (nSPS) is 10.3. The second-order valence-electron chi connectivity index (χ2n) is 1.81. The topological polar surface area (TPSA) is 78.2 Å². The number of nitrogens with zero attached hydrogens (tertiary/aromatic N) is 1. The number of allylic oxidation sites excluding steroid dienone is 1. The molecule has 0 aromatic rings. The van der Waals surface area contributed by atoms with E-state index in [2.05, 4.69) is 0 Å². The van der Waals surface area contributed by atoms with Gasteiger partial charge in [0.25, 0.3) is 0 Å². The van der Waals surface area contributed by atoms with Gasteiger partial charge in [-0.05, 0) is 6.42 Å². The molecule has 0 unspecified atom stereocenters. The van der Waals surface area contributed by atoms with Gasteiger partial charge in [-0.1, -0.05) is 0 Å². The molecular formula is C7H7NO3. The van der Waals surface area contributed by atoms with E-state index in [0.717, 1.165) is 6.08 Å². The third-order valence-corrected chi connectivity index (χ3v) is 1.05. The van der Waals surface area contributed by atoms with Gasteiger partial charge in [0.1, 0.15) is 6.29 Å². The standard InChI is InChI=1S/C7H7NO3/c8-4-3-6(7(10)11)2-1-5-9/h3,5H,1-2H2,(H,10,11). The summed E-state index contributed by atoms with van der Waals surface area (Å²) < 4.78 is 0. The fraction of sp³-hybridized carbons (Fsp3) is 0.286. The lowest BCUT2D eigenvalue weighted by Crippen LogP contribution is -2.00. The summed E-state index contributed by atoms with van der Waals surface area (Å²) in [7, 11) is 0. The Kier molecular flexibility index (Phi) is 4.41. The fourth-order valence-electron chi connectivity index (χ4n) is 0.533. The van der Waals surface area contributed by atoms with Crippen molar-refractivity contribution in [3.8, 4) is 6.07 Å². The molecule has 0 heterocycles. The third-order valence-electron chi connectivity index (χ3n) is 1.05. The van der Waals surface area contributed by atoms with Crippen LogP contribution in [0.1, 0.15) is 12.8 Å². The van der Waals surface area contributed by atoms with E-state index in [9.17, 15) is 9.59 Å². The van der Waals surface area contributed by atoms with Crippen LogP contribution in [0.3, 0.4) is 0 Å². The second-order valence-corrected chi connectivity index (χ2v) is 1.81. The molecule has 0 aromatic carbocycles. The zero-order valence-corrected chi connectivity index (χ0v) is 5.78. The van der Waals surface area contributed by atoms with Gasteiger partial charge in [0.2, 0.25) is 0 Å². The summed E-state index contributed by atoms with van der Waals surface area (Å²) in [4.78, 5) is 20.1. The molecule has 0 spiro atoms. The first kappa shape index (κ1) is 9.37. The van der Waals surface area contributed by atoms with Gasteiger partial charge in [-0.3, -0.25) is 0 Å². The molecule has 4 heteroatoms. The van der Waals surface area contributed by atoms with Crippen LogP contribution in [0.5, 0.6) is 0 Å². The van der Waals surface area contributed by atoms with Crippen LogP contribution in [-0.2, 0) is 9.59 Å². The van der Waals surface area contributed by atoms with E-state index in [4.69, 9.17) is 10.4 Å². The Morgan fingerprint density at radius 1 is 1.64 bits per heavy atom. The lowest BCUT2D eigenvalue weighted by atomic mass is 10.1. The van der Waals surface area contributed by atoms with Crippen LogP contribution < -0.4 is 0 Å². The minimum Gasteiger partial charge on any atom is -0.478 e. The highest BCUT2D eigenvalue weighted by atomic mass is 16.4. The summed E-state index contributed by atoms with van der Waals surface area (Å²) in [5.41, 5.74) is -0.0281. The zero-order chi connectivity index (χ0) is 8.69. The largest absolute Gasteiger partial charge is 0.478 e. The Morgan fingerprint density at radius 2 is 2.27 bits per heavy atom. The van der Waals surface area contributed by atoms with Crippen molar-refractivity contribution < 1.29 is 14.7 Å². The predicted octanol–water partition coefficient (Wildman–Crippen LogP) is 0.500. The van der Waals surface area contributed by atoms with Gasteiger partial charge in [-0.25, -0.2) is 4.79 Å². The molecule has 0 saturated carbocycles. The van der Waals surface area contributed by atoms with Gasteiger partial charge in [-0.2, -0.15) is 5.26 Å². The first-order valence-electron chi connectivity index (χ1n) is 2.98. The van der Waals surface area contributed by atoms with E-state index in [1.165, 1.54) is 0 Å². The molecule has 0 atom stereocenters. The minimum absolute atomic E-state index is 0.0281. The Bertz CT molecular complexity index is 224. The number of carbonyl (C=O) groups excluding carboxylic acids is 1. The summed E-state index contributed by atoms with van der Waals surface area (Å²) in [6, 6.07) is 1.60. The zero-order valence-electron chi connectivity index (χ0n) is 5.78. The number of hydrogen-bond donors (Lipinski definition) is 1. The molecule has 0 amide bonds. The van der Waals surface area contributed by atoms with Crippen molar-refractivity contribution in [2.45, 2.75) is 12.8 Å². The molecule has 1 N–H and O–H groups in total. The van der Waals surface area contributed by atoms with Crippen LogP contribution in [0.4, 0.5) is 0 Å². The maximum Gasteiger partial charge on any atom is 0.332 e. The molecule has 11 heavy (non-hydrogen) atoms. The van der Waals surface area contributed by atoms with E-state index >= 15 is 0 Å². The van der Waals surface area contributed by atoms with Crippen LogP contribution in [0.2, 0.25) is 0 Å². The monoisotopic (exact) mass is 153 g/mol. The quantitative estimate of drug-likeness (QED) is 0.362. The van der Waals surface area contributed by atoms with Gasteiger partial charge in [0, 0.05) is 18.1 Å². The summed E-state index contributed by atoms with van der Waals surface area (Å²) in [5.74, 6) is -1.14. The summed E-state index contributed by atoms with van der Waals surface area (Å²) >= 11 is 0. The van der Waals surface area contributed by atoms with Gasteiger partial charge in [0.05, 0.1) is 6.07 Å². The van der Waals surface area contributed by atoms with Crippen LogP contribution in [-0.4, -0.2) is 17.4 Å². The van der Waals surface area contributed by atoms with Crippen molar-refractivity contribution in [2.24, 2.45) is 0 Å². The number of carbonyl (C=O) groups is 2. The van der Waals surface area contributed by atoms with Crippen LogP contribution in [0.25, 0.3) is 0 Å². The molecule has 4 nitrogen and oxygen atoms in total. The summed E-state index contributed by atoms with van der Waals surface area (Å²) in [6.07, 6.45) is 1.81. The molecule has 0 aliphatic heterocycles. The molecule has 0 bridgehead atoms. The van der Waals surface area contributed by atoms with Gasteiger partial charge >= 0.3 is 5.97 Å². The molecule has 0 aromatic heterocycles. The van der Waals surface area contributed by atoms with Gasteiger partial charge in [0.15, 0.2) is 0 Å². The SMILES string of the molecule is N#CC=C(CCC=O)C(=O)O. The van der Waals surface area contributed by atoms with Crippen LogP contribution >= 0.6 is 0 Å². The molecule has 0 aliphatic carbocycles. The average molecular weight is 153 g/mol. The smallest absolute Gasteiger partial charge is 0.332 e. The Labute approximate surface area is 63.7 Å².